The highest BCUT2D eigenvalue weighted by Gasteiger charge is 2.37. The molecule has 2 unspecified atom stereocenters. The molecule has 0 saturated carbocycles. The molecule has 3 rings (SSSR count). The summed E-state index contributed by atoms with van der Waals surface area (Å²) in [6.07, 6.45) is 12.6. The van der Waals surface area contributed by atoms with Crippen LogP contribution in [0.3, 0.4) is 0 Å². The van der Waals surface area contributed by atoms with Gasteiger partial charge in [0.25, 0.3) is 0 Å². The van der Waals surface area contributed by atoms with E-state index in [-0.39, 0.29) is 10.8 Å². The van der Waals surface area contributed by atoms with Crippen LogP contribution in [-0.4, -0.2) is 14.1 Å². The number of benzene rings is 1. The second-order valence-corrected chi connectivity index (χ2v) is 13.6. The second kappa shape index (κ2) is 14.5. The fraction of sp³-hybridized carbons (Fsp3) is 0.600. The maximum Gasteiger partial charge on any atom is 0.00452 e. The van der Waals surface area contributed by atoms with Crippen LogP contribution in [0.5, 0.6) is 0 Å². The molecule has 2 atom stereocenters. The number of unbranched alkanes of at least 4 members (excludes halogenated alkanes) is 1. The van der Waals surface area contributed by atoms with E-state index < -0.39 is 0 Å². The van der Waals surface area contributed by atoms with Crippen molar-refractivity contribution in [2.45, 2.75) is 111 Å². The lowest BCUT2D eigenvalue weighted by Crippen LogP contribution is -2.33. The van der Waals surface area contributed by atoms with E-state index in [1.807, 2.05) is 25.4 Å². The Bertz CT molecular complexity index is 992. The maximum absolute atomic E-state index is 4.62. The maximum atomic E-state index is 4.62. The van der Waals surface area contributed by atoms with Gasteiger partial charge in [-0.3, -0.25) is 0 Å². The molecule has 0 spiro atoms. The van der Waals surface area contributed by atoms with Crippen LogP contribution in [0.2, 0.25) is 0 Å². The van der Waals surface area contributed by atoms with Crippen LogP contribution in [0.4, 0.5) is 0 Å². The zero-order valence-electron chi connectivity index (χ0n) is 25.5. The van der Waals surface area contributed by atoms with Crippen molar-refractivity contribution < 1.29 is 0 Å². The van der Waals surface area contributed by atoms with Crippen molar-refractivity contribution in [1.82, 2.24) is 5.32 Å². The summed E-state index contributed by atoms with van der Waals surface area (Å²) in [4.78, 5) is 1.52. The second-order valence-electron chi connectivity index (χ2n) is 12.6. The van der Waals surface area contributed by atoms with Crippen LogP contribution < -0.4 is 5.32 Å². The molecular weight excluding hydrogens is 466 g/mol. The molecule has 37 heavy (non-hydrogen) atoms. The highest BCUT2D eigenvalue weighted by atomic mass is 32.1. The molecule has 0 radical (unpaired) electrons. The van der Waals surface area contributed by atoms with Crippen LogP contribution >= 0.6 is 11.3 Å². The first-order chi connectivity index (χ1) is 17.5. The first kappa shape index (κ1) is 31.6. The summed E-state index contributed by atoms with van der Waals surface area (Å²) in [6.45, 7) is 21.2. The summed E-state index contributed by atoms with van der Waals surface area (Å²) in [6, 6.07) is 11.7. The minimum absolute atomic E-state index is 0.256. The fourth-order valence-electron chi connectivity index (χ4n) is 5.79. The molecule has 0 fully saturated rings. The molecule has 1 nitrogen and oxygen atoms in total. The van der Waals surface area contributed by atoms with Crippen LogP contribution in [0.15, 0.2) is 53.9 Å². The number of nitrogens with one attached hydrogen (secondary N) is 1. The Kier molecular flexibility index (Phi) is 12.4. The molecule has 1 heterocycles. The van der Waals surface area contributed by atoms with Gasteiger partial charge >= 0.3 is 0 Å². The minimum atomic E-state index is 0.256. The first-order valence-electron chi connectivity index (χ1n) is 14.6. The van der Waals surface area contributed by atoms with Gasteiger partial charge in [-0.15, -0.1) is 11.3 Å². The van der Waals surface area contributed by atoms with Gasteiger partial charge in [0.15, 0.2) is 0 Å². The summed E-state index contributed by atoms with van der Waals surface area (Å²) >= 11 is 1.89. The van der Waals surface area contributed by atoms with E-state index in [0.29, 0.717) is 11.8 Å². The Hall–Kier alpha value is -1.64. The van der Waals surface area contributed by atoms with E-state index in [2.05, 4.69) is 102 Å². The quantitative estimate of drug-likeness (QED) is 0.229. The number of hydrogen-bond donors (Lipinski definition) is 1. The van der Waals surface area contributed by atoms with Crippen LogP contribution in [0.25, 0.3) is 5.57 Å². The predicted octanol–water partition coefficient (Wildman–Crippen LogP) is 10.4. The smallest absolute Gasteiger partial charge is 0.00452 e. The van der Waals surface area contributed by atoms with E-state index in [0.717, 1.165) is 0 Å². The Morgan fingerprint density at radius 2 is 1.68 bits per heavy atom. The highest BCUT2D eigenvalue weighted by Crippen LogP contribution is 2.46. The van der Waals surface area contributed by atoms with Crippen LogP contribution in [0, 0.1) is 11.8 Å². The lowest BCUT2D eigenvalue weighted by atomic mass is 9.63. The number of rotatable bonds is 11. The summed E-state index contributed by atoms with van der Waals surface area (Å²) in [7, 11) is 3.75. The highest BCUT2D eigenvalue weighted by molar-refractivity contribution is 7.09. The van der Waals surface area contributed by atoms with E-state index >= 15 is 0 Å². The number of fused-ring (bicyclic) bond motifs is 1. The largest absolute Gasteiger partial charge is 0.323 e. The van der Waals surface area contributed by atoms with E-state index in [9.17, 15) is 0 Å². The van der Waals surface area contributed by atoms with Crippen LogP contribution in [-0.2, 0) is 17.3 Å². The van der Waals surface area contributed by atoms with Gasteiger partial charge in [-0.05, 0) is 116 Å². The van der Waals surface area contributed by atoms with Crippen molar-refractivity contribution in [3.63, 3.8) is 0 Å². The van der Waals surface area contributed by atoms with Crippen molar-refractivity contribution in [2.24, 2.45) is 11.8 Å². The number of aryl methyl sites for hydroxylation is 1. The molecule has 1 aliphatic rings. The molecule has 1 N–H and O–H groups in total. The Labute approximate surface area is 233 Å². The summed E-state index contributed by atoms with van der Waals surface area (Å²) in [5.41, 5.74) is 7.83. The monoisotopic (exact) mass is 521 g/mol. The van der Waals surface area contributed by atoms with E-state index in [4.69, 9.17) is 0 Å². The van der Waals surface area contributed by atoms with Gasteiger partial charge in [0.2, 0.25) is 0 Å². The van der Waals surface area contributed by atoms with Gasteiger partial charge in [-0.2, -0.15) is 0 Å². The standard InChI is InChI=1S/C33H48S.C2H7N/c1-9-13-27(14-10-11-15-29-16-12-21-34-29)26(4)24(2)22-25(3)28-17-18-30-31(23-28)33(7,8)20-19-32(30,5)6;1-3-2/h12,16-18,21-24,27H,4,9-11,13-15,19-20H2,1-3,5-8H3;3H,1-2H3/b25-22+;. The van der Waals surface area contributed by atoms with E-state index in [1.54, 1.807) is 11.1 Å². The average molecular weight is 522 g/mol. The lowest BCUT2D eigenvalue weighted by molar-refractivity contribution is 0.332. The summed E-state index contributed by atoms with van der Waals surface area (Å²) in [5, 5.41) is 4.94. The zero-order valence-corrected chi connectivity index (χ0v) is 26.3. The zero-order chi connectivity index (χ0) is 27.6. The van der Waals surface area contributed by atoms with Crippen molar-refractivity contribution >= 4 is 16.9 Å². The lowest BCUT2D eigenvalue weighted by Gasteiger charge is -2.42. The average Bonchev–Trinajstić information content (AvgIpc) is 3.37. The van der Waals surface area contributed by atoms with Gasteiger partial charge in [0.1, 0.15) is 0 Å². The van der Waals surface area contributed by atoms with Crippen LogP contribution in [0.1, 0.15) is 115 Å². The topological polar surface area (TPSA) is 12.0 Å². The normalized spacial score (nSPS) is 17.8. The molecule has 0 amide bonds. The molecule has 2 heteroatoms. The number of allylic oxidation sites excluding steroid dienone is 3. The Morgan fingerprint density at radius 1 is 1.03 bits per heavy atom. The van der Waals surface area contributed by atoms with Crippen molar-refractivity contribution in [3.05, 3.63) is 75.5 Å². The minimum Gasteiger partial charge on any atom is -0.323 e. The molecule has 1 aromatic carbocycles. The molecule has 0 bridgehead atoms. The number of thiophene rings is 1. The van der Waals surface area contributed by atoms with Crippen molar-refractivity contribution in [1.29, 1.82) is 0 Å². The van der Waals surface area contributed by atoms with E-state index in [1.165, 1.54) is 73.0 Å². The van der Waals surface area contributed by atoms with Crippen molar-refractivity contribution in [3.8, 4) is 0 Å². The first-order valence-corrected chi connectivity index (χ1v) is 15.5. The molecule has 0 aliphatic heterocycles. The molecule has 0 saturated heterocycles. The molecule has 2 aromatic rings. The molecule has 206 valence electrons. The van der Waals surface area contributed by atoms with Gasteiger partial charge in [0, 0.05) is 4.88 Å². The number of hydrogen-bond acceptors (Lipinski definition) is 2. The summed E-state index contributed by atoms with van der Waals surface area (Å²) in [5.74, 6) is 1.05. The van der Waals surface area contributed by atoms with Crippen molar-refractivity contribution in [2.75, 3.05) is 14.1 Å². The molecule has 1 aromatic heterocycles. The summed E-state index contributed by atoms with van der Waals surface area (Å²) < 4.78 is 0. The van der Waals surface area contributed by atoms with Gasteiger partial charge in [-0.1, -0.05) is 96.9 Å². The predicted molar refractivity (Wildman–Crippen MR) is 169 cm³/mol. The third kappa shape index (κ3) is 8.96. The Balaban J connectivity index is 0.00000153. The molecule has 1 aliphatic carbocycles. The fourth-order valence-corrected chi connectivity index (χ4v) is 6.54. The SMILES string of the molecule is C=C(C(C)/C=C(\C)c1ccc2c(c1)C(C)(C)CCC2(C)C)C(CCC)CCCCc1cccs1.CNC. The Morgan fingerprint density at radius 3 is 2.27 bits per heavy atom. The van der Waals surface area contributed by atoms with Gasteiger partial charge in [-0.25, -0.2) is 0 Å². The third-order valence-electron chi connectivity index (χ3n) is 8.36. The van der Waals surface area contributed by atoms with Gasteiger partial charge in [0.05, 0.1) is 0 Å². The third-order valence-corrected chi connectivity index (χ3v) is 9.30. The molecular formula is C35H55NS. The van der Waals surface area contributed by atoms with Gasteiger partial charge < -0.3 is 5.32 Å².